The van der Waals surface area contributed by atoms with Crippen LogP contribution in [-0.2, 0) is 0 Å². The molecule has 0 bridgehead atoms. The van der Waals surface area contributed by atoms with Crippen LogP contribution in [0.2, 0.25) is 25.7 Å². The van der Waals surface area contributed by atoms with Crippen molar-refractivity contribution in [2.75, 3.05) is 0 Å². The number of halogens is 9. The number of aliphatic hydroxyl groups is 1. The predicted octanol–water partition coefficient (Wildman–Crippen LogP) is 4.15. The topological polar surface area (TPSA) is 20.2 Å². The van der Waals surface area contributed by atoms with Gasteiger partial charge < -0.3 is 5.11 Å². The van der Waals surface area contributed by atoms with E-state index in [9.17, 15) is 39.5 Å². The second-order valence-corrected chi connectivity index (χ2v) is 11.1. The van der Waals surface area contributed by atoms with E-state index in [0.29, 0.717) is 0 Å². The first kappa shape index (κ1) is 19.5. The summed E-state index contributed by atoms with van der Waals surface area (Å²) in [4.78, 5) is 0. The minimum absolute atomic E-state index is 0.955. The van der Waals surface area contributed by atoms with Gasteiger partial charge in [0, 0.05) is 8.07 Å². The van der Waals surface area contributed by atoms with E-state index in [-0.39, 0.29) is 0 Å². The summed E-state index contributed by atoms with van der Waals surface area (Å²) in [6, 6.07) is -0.955. The lowest BCUT2D eigenvalue weighted by atomic mass is 10.00. The van der Waals surface area contributed by atoms with Gasteiger partial charge in [-0.15, -0.1) is 0 Å². The normalized spacial score (nSPS) is 17.2. The van der Waals surface area contributed by atoms with Crippen LogP contribution >= 0.6 is 0 Å². The molecule has 0 aliphatic heterocycles. The molecule has 0 rings (SSSR count). The molecule has 0 aromatic heterocycles. The first-order valence-electron chi connectivity index (χ1n) is 5.26. The SMILES string of the molecule is C[Si](C)(C)CC(O)C(F)(F)C(F)(F)C(F)(F)C(F)(F)F. The van der Waals surface area contributed by atoms with Crippen molar-refractivity contribution < 1.29 is 44.6 Å². The predicted molar refractivity (Wildman–Crippen MR) is 55.1 cm³/mol. The standard InChI is InChI=1S/C9H13F9OSi/c1-20(2,3)4-5(19)6(10,11)7(12,13)8(14,15)9(16,17)18/h5,19H,4H2,1-3H3. The van der Waals surface area contributed by atoms with E-state index < -0.39 is 44.2 Å². The third-order valence-electron chi connectivity index (χ3n) is 2.39. The zero-order chi connectivity index (χ0) is 16.8. The van der Waals surface area contributed by atoms with E-state index >= 15 is 0 Å². The summed E-state index contributed by atoms with van der Waals surface area (Å²) >= 11 is 0. The summed E-state index contributed by atoms with van der Waals surface area (Å²) in [5.74, 6) is -19.6. The van der Waals surface area contributed by atoms with Crippen LogP contribution in [0.5, 0.6) is 0 Å². The van der Waals surface area contributed by atoms with Gasteiger partial charge in [0.1, 0.15) is 6.10 Å². The smallest absolute Gasteiger partial charge is 0.387 e. The van der Waals surface area contributed by atoms with Gasteiger partial charge in [-0.1, -0.05) is 19.6 Å². The van der Waals surface area contributed by atoms with E-state index in [1.807, 2.05) is 0 Å². The second-order valence-electron chi connectivity index (χ2n) is 5.55. The van der Waals surface area contributed by atoms with Crippen LogP contribution < -0.4 is 0 Å². The third kappa shape index (κ3) is 3.41. The minimum Gasteiger partial charge on any atom is -0.387 e. The molecular formula is C9H13F9OSi. The minimum atomic E-state index is -6.95. The summed E-state index contributed by atoms with van der Waals surface area (Å²) in [5.41, 5.74) is 0. The van der Waals surface area contributed by atoms with Crippen molar-refractivity contribution in [3.8, 4) is 0 Å². The summed E-state index contributed by atoms with van der Waals surface area (Å²) in [6.45, 7) is 4.06. The lowest BCUT2D eigenvalue weighted by molar-refractivity contribution is -0.404. The monoisotopic (exact) mass is 336 g/mol. The Labute approximate surface area is 109 Å². The number of rotatable bonds is 5. The Kier molecular flexibility index (Phi) is 4.96. The highest BCUT2D eigenvalue weighted by Gasteiger charge is 2.83. The Hall–Kier alpha value is -0.453. The second kappa shape index (κ2) is 5.07. The van der Waals surface area contributed by atoms with Gasteiger partial charge in [-0.05, 0) is 6.04 Å². The lowest BCUT2D eigenvalue weighted by Crippen LogP contribution is -2.64. The molecule has 1 atom stereocenters. The van der Waals surface area contributed by atoms with E-state index in [4.69, 9.17) is 5.11 Å². The maximum Gasteiger partial charge on any atom is 0.460 e. The number of aliphatic hydroxyl groups excluding tert-OH is 1. The van der Waals surface area contributed by atoms with Crippen molar-refractivity contribution in [1.82, 2.24) is 0 Å². The third-order valence-corrected chi connectivity index (χ3v) is 4.00. The zero-order valence-electron chi connectivity index (χ0n) is 10.6. The summed E-state index contributed by atoms with van der Waals surface area (Å²) in [6.07, 6.45) is -10.2. The molecule has 1 nitrogen and oxygen atoms in total. The fraction of sp³-hybridized carbons (Fsp3) is 1.00. The van der Waals surface area contributed by atoms with Crippen molar-refractivity contribution in [3.63, 3.8) is 0 Å². The molecule has 0 heterocycles. The zero-order valence-corrected chi connectivity index (χ0v) is 11.6. The molecule has 122 valence electrons. The van der Waals surface area contributed by atoms with Crippen LogP contribution in [0.15, 0.2) is 0 Å². The maximum absolute atomic E-state index is 13.2. The fourth-order valence-electron chi connectivity index (χ4n) is 1.30. The van der Waals surface area contributed by atoms with Gasteiger partial charge in [0.25, 0.3) is 0 Å². The Bertz CT molecular complexity index is 344. The van der Waals surface area contributed by atoms with Crippen LogP contribution in [0.4, 0.5) is 39.5 Å². The van der Waals surface area contributed by atoms with Gasteiger partial charge in [-0.3, -0.25) is 0 Å². The van der Waals surface area contributed by atoms with Gasteiger partial charge in [0.15, 0.2) is 0 Å². The molecule has 0 amide bonds. The van der Waals surface area contributed by atoms with Crippen LogP contribution in [0.25, 0.3) is 0 Å². The molecule has 0 spiro atoms. The molecule has 1 N–H and O–H groups in total. The Balaban J connectivity index is 5.58. The molecule has 0 fully saturated rings. The van der Waals surface area contributed by atoms with Gasteiger partial charge in [0.05, 0.1) is 0 Å². The van der Waals surface area contributed by atoms with Crippen molar-refractivity contribution in [2.24, 2.45) is 0 Å². The van der Waals surface area contributed by atoms with Gasteiger partial charge in [-0.25, -0.2) is 0 Å². The first-order chi connectivity index (χ1) is 8.38. The van der Waals surface area contributed by atoms with E-state index in [1.165, 1.54) is 19.6 Å². The average Bonchev–Trinajstić information content (AvgIpc) is 2.12. The van der Waals surface area contributed by atoms with Gasteiger partial charge in [-0.2, -0.15) is 39.5 Å². The van der Waals surface area contributed by atoms with Crippen molar-refractivity contribution >= 4 is 8.07 Å². The highest BCUT2D eigenvalue weighted by atomic mass is 28.3. The van der Waals surface area contributed by atoms with Crippen molar-refractivity contribution in [1.29, 1.82) is 0 Å². The molecule has 0 saturated carbocycles. The summed E-state index contributed by atoms with van der Waals surface area (Å²) in [5, 5.41) is 8.98. The summed E-state index contributed by atoms with van der Waals surface area (Å²) < 4.78 is 113. The molecule has 0 aromatic carbocycles. The number of alkyl halides is 9. The highest BCUT2D eigenvalue weighted by Crippen LogP contribution is 2.54. The quantitative estimate of drug-likeness (QED) is 0.591. The van der Waals surface area contributed by atoms with E-state index in [1.54, 1.807) is 0 Å². The maximum atomic E-state index is 13.2. The molecular weight excluding hydrogens is 323 g/mol. The summed E-state index contributed by atoms with van der Waals surface area (Å²) in [7, 11) is -2.60. The first-order valence-corrected chi connectivity index (χ1v) is 8.97. The Morgan fingerprint density at radius 1 is 0.800 bits per heavy atom. The van der Waals surface area contributed by atoms with Crippen molar-refractivity contribution in [3.05, 3.63) is 0 Å². The van der Waals surface area contributed by atoms with Crippen LogP contribution in [0.1, 0.15) is 0 Å². The molecule has 0 aliphatic rings. The molecule has 0 radical (unpaired) electrons. The Morgan fingerprint density at radius 3 is 1.40 bits per heavy atom. The van der Waals surface area contributed by atoms with Crippen molar-refractivity contribution in [2.45, 2.75) is 55.7 Å². The molecule has 20 heavy (non-hydrogen) atoms. The Morgan fingerprint density at radius 2 is 1.15 bits per heavy atom. The molecule has 1 unspecified atom stereocenters. The molecule has 0 aliphatic carbocycles. The highest BCUT2D eigenvalue weighted by molar-refractivity contribution is 6.76. The molecule has 0 aromatic rings. The number of hydrogen-bond acceptors (Lipinski definition) is 1. The number of hydrogen-bond donors (Lipinski definition) is 1. The lowest BCUT2D eigenvalue weighted by Gasteiger charge is -2.37. The molecule has 0 saturated heterocycles. The largest absolute Gasteiger partial charge is 0.460 e. The average molecular weight is 336 g/mol. The van der Waals surface area contributed by atoms with Gasteiger partial charge in [0.2, 0.25) is 0 Å². The van der Waals surface area contributed by atoms with Crippen LogP contribution in [0.3, 0.4) is 0 Å². The van der Waals surface area contributed by atoms with Crippen LogP contribution in [0, 0.1) is 0 Å². The fourth-order valence-corrected chi connectivity index (χ4v) is 2.72. The van der Waals surface area contributed by atoms with Crippen LogP contribution in [-0.4, -0.2) is 43.2 Å². The molecule has 11 heteroatoms. The van der Waals surface area contributed by atoms with E-state index in [0.717, 1.165) is 0 Å². The van der Waals surface area contributed by atoms with E-state index in [2.05, 4.69) is 0 Å². The van der Waals surface area contributed by atoms with Gasteiger partial charge >= 0.3 is 23.9 Å².